The van der Waals surface area contributed by atoms with E-state index in [9.17, 15) is 4.79 Å². The van der Waals surface area contributed by atoms with Crippen molar-refractivity contribution in [1.82, 2.24) is 10.6 Å². The average molecular weight is 228 g/mol. The number of carbonyl (C=O) groups is 1. The van der Waals surface area contributed by atoms with Crippen LogP contribution in [0.1, 0.15) is 53.9 Å². The van der Waals surface area contributed by atoms with Crippen molar-refractivity contribution in [2.24, 2.45) is 5.92 Å². The molecule has 3 heteroatoms. The maximum absolute atomic E-state index is 11.3. The number of hydrogen-bond acceptors (Lipinski definition) is 2. The Morgan fingerprint density at radius 3 is 2.19 bits per heavy atom. The highest BCUT2D eigenvalue weighted by Gasteiger charge is 2.05. The van der Waals surface area contributed by atoms with Crippen molar-refractivity contribution in [3.8, 4) is 0 Å². The van der Waals surface area contributed by atoms with E-state index in [4.69, 9.17) is 0 Å². The van der Waals surface area contributed by atoms with Crippen molar-refractivity contribution in [1.29, 1.82) is 0 Å². The Bertz CT molecular complexity index is 190. The SMILES string of the molecule is CC(C)CCC(C)NCCC(=O)NC(C)C. The van der Waals surface area contributed by atoms with Crippen LogP contribution in [0.25, 0.3) is 0 Å². The minimum Gasteiger partial charge on any atom is -0.354 e. The fraction of sp³-hybridized carbons (Fsp3) is 0.923. The lowest BCUT2D eigenvalue weighted by atomic mass is 10.0. The van der Waals surface area contributed by atoms with Gasteiger partial charge >= 0.3 is 0 Å². The van der Waals surface area contributed by atoms with Crippen LogP contribution in [0.4, 0.5) is 0 Å². The van der Waals surface area contributed by atoms with Gasteiger partial charge < -0.3 is 10.6 Å². The summed E-state index contributed by atoms with van der Waals surface area (Å²) in [5.74, 6) is 0.895. The van der Waals surface area contributed by atoms with Gasteiger partial charge in [-0.1, -0.05) is 13.8 Å². The second-order valence-corrected chi connectivity index (χ2v) is 5.30. The lowest BCUT2D eigenvalue weighted by Gasteiger charge is -2.15. The van der Waals surface area contributed by atoms with Crippen molar-refractivity contribution >= 4 is 5.91 Å². The van der Waals surface area contributed by atoms with E-state index in [0.29, 0.717) is 12.5 Å². The van der Waals surface area contributed by atoms with Gasteiger partial charge in [-0.3, -0.25) is 4.79 Å². The van der Waals surface area contributed by atoms with Crippen molar-refractivity contribution in [3.63, 3.8) is 0 Å². The van der Waals surface area contributed by atoms with Crippen molar-refractivity contribution in [2.75, 3.05) is 6.54 Å². The highest BCUT2D eigenvalue weighted by atomic mass is 16.1. The van der Waals surface area contributed by atoms with Crippen LogP contribution >= 0.6 is 0 Å². The number of rotatable bonds is 8. The lowest BCUT2D eigenvalue weighted by Crippen LogP contribution is -2.34. The Labute approximate surface area is 100 Å². The Kier molecular flexibility index (Phi) is 8.26. The van der Waals surface area contributed by atoms with Gasteiger partial charge in [0.1, 0.15) is 0 Å². The van der Waals surface area contributed by atoms with Gasteiger partial charge in [0.25, 0.3) is 0 Å². The molecule has 0 saturated carbocycles. The molecular formula is C13H28N2O. The summed E-state index contributed by atoms with van der Waals surface area (Å²) in [5, 5.41) is 6.27. The normalized spacial score (nSPS) is 13.2. The van der Waals surface area contributed by atoms with E-state index in [-0.39, 0.29) is 11.9 Å². The molecule has 0 aromatic rings. The second kappa shape index (κ2) is 8.57. The quantitative estimate of drug-likeness (QED) is 0.669. The van der Waals surface area contributed by atoms with Crippen LogP contribution in [0.2, 0.25) is 0 Å². The topological polar surface area (TPSA) is 41.1 Å². The summed E-state index contributed by atoms with van der Waals surface area (Å²) in [7, 11) is 0. The number of carbonyl (C=O) groups excluding carboxylic acids is 1. The minimum absolute atomic E-state index is 0.138. The third-order valence-corrected chi connectivity index (χ3v) is 2.47. The average Bonchev–Trinajstić information content (AvgIpc) is 2.13. The second-order valence-electron chi connectivity index (χ2n) is 5.30. The first kappa shape index (κ1) is 15.4. The first-order chi connectivity index (χ1) is 7.41. The molecule has 0 rings (SSSR count). The molecule has 0 saturated heterocycles. The summed E-state index contributed by atoms with van der Waals surface area (Å²) in [5.41, 5.74) is 0. The zero-order valence-corrected chi connectivity index (χ0v) is 11.5. The molecule has 0 fully saturated rings. The fourth-order valence-corrected chi connectivity index (χ4v) is 1.51. The van der Waals surface area contributed by atoms with Crippen molar-refractivity contribution in [3.05, 3.63) is 0 Å². The summed E-state index contributed by atoms with van der Waals surface area (Å²) in [6.45, 7) is 11.4. The molecule has 1 amide bonds. The van der Waals surface area contributed by atoms with E-state index in [1.165, 1.54) is 12.8 Å². The van der Waals surface area contributed by atoms with Gasteiger partial charge in [-0.2, -0.15) is 0 Å². The van der Waals surface area contributed by atoms with Crippen LogP contribution in [0.3, 0.4) is 0 Å². The molecule has 0 aliphatic carbocycles. The van der Waals surface area contributed by atoms with Crippen LogP contribution in [-0.4, -0.2) is 24.5 Å². The molecule has 0 aliphatic heterocycles. The minimum atomic E-state index is 0.138. The van der Waals surface area contributed by atoms with E-state index in [1.54, 1.807) is 0 Å². The van der Waals surface area contributed by atoms with Crippen molar-refractivity contribution in [2.45, 2.75) is 66.0 Å². The fourth-order valence-electron chi connectivity index (χ4n) is 1.51. The highest BCUT2D eigenvalue weighted by Crippen LogP contribution is 2.06. The van der Waals surface area contributed by atoms with Crippen LogP contribution in [-0.2, 0) is 4.79 Å². The maximum Gasteiger partial charge on any atom is 0.221 e. The monoisotopic (exact) mass is 228 g/mol. The van der Waals surface area contributed by atoms with Gasteiger partial charge in [-0.05, 0) is 39.5 Å². The standard InChI is InChI=1S/C13H28N2O/c1-10(2)6-7-12(5)14-9-8-13(16)15-11(3)4/h10-12,14H,6-9H2,1-5H3,(H,15,16). The third-order valence-electron chi connectivity index (χ3n) is 2.47. The van der Waals surface area contributed by atoms with Gasteiger partial charge in [-0.25, -0.2) is 0 Å². The first-order valence-corrected chi connectivity index (χ1v) is 6.44. The van der Waals surface area contributed by atoms with E-state index < -0.39 is 0 Å². The van der Waals surface area contributed by atoms with Crippen LogP contribution in [0.15, 0.2) is 0 Å². The molecule has 0 bridgehead atoms. The Morgan fingerprint density at radius 2 is 1.69 bits per heavy atom. The highest BCUT2D eigenvalue weighted by molar-refractivity contribution is 5.76. The molecule has 0 aromatic heterocycles. The van der Waals surface area contributed by atoms with Gasteiger partial charge in [0, 0.05) is 25.0 Å². The molecule has 1 unspecified atom stereocenters. The molecule has 16 heavy (non-hydrogen) atoms. The van der Waals surface area contributed by atoms with Crippen LogP contribution < -0.4 is 10.6 Å². The Morgan fingerprint density at radius 1 is 1.06 bits per heavy atom. The molecule has 0 aliphatic rings. The van der Waals surface area contributed by atoms with Gasteiger partial charge in [0.05, 0.1) is 0 Å². The summed E-state index contributed by atoms with van der Waals surface area (Å²) in [4.78, 5) is 11.3. The van der Waals surface area contributed by atoms with E-state index in [0.717, 1.165) is 12.5 Å². The third kappa shape index (κ3) is 9.97. The largest absolute Gasteiger partial charge is 0.354 e. The smallest absolute Gasteiger partial charge is 0.221 e. The maximum atomic E-state index is 11.3. The summed E-state index contributed by atoms with van der Waals surface area (Å²) in [6.07, 6.45) is 3.00. The van der Waals surface area contributed by atoms with Crippen LogP contribution in [0.5, 0.6) is 0 Å². The Balaban J connectivity index is 3.46. The van der Waals surface area contributed by atoms with E-state index in [1.807, 2.05) is 13.8 Å². The number of amides is 1. The van der Waals surface area contributed by atoms with E-state index >= 15 is 0 Å². The molecule has 0 aromatic carbocycles. The molecule has 3 nitrogen and oxygen atoms in total. The molecule has 0 heterocycles. The molecule has 2 N–H and O–H groups in total. The zero-order chi connectivity index (χ0) is 12.6. The first-order valence-electron chi connectivity index (χ1n) is 6.44. The lowest BCUT2D eigenvalue weighted by molar-refractivity contribution is -0.121. The molecule has 0 spiro atoms. The summed E-state index contributed by atoms with van der Waals surface area (Å²) < 4.78 is 0. The predicted octanol–water partition coefficient (Wildman–Crippen LogP) is 2.32. The van der Waals surface area contributed by atoms with Gasteiger partial charge in [0.15, 0.2) is 0 Å². The molecule has 1 atom stereocenters. The summed E-state index contributed by atoms with van der Waals surface area (Å²) in [6, 6.07) is 0.750. The van der Waals surface area contributed by atoms with Gasteiger partial charge in [0.2, 0.25) is 5.91 Å². The predicted molar refractivity (Wildman–Crippen MR) is 69.4 cm³/mol. The molecule has 96 valence electrons. The number of hydrogen-bond donors (Lipinski definition) is 2. The van der Waals surface area contributed by atoms with Gasteiger partial charge in [-0.15, -0.1) is 0 Å². The van der Waals surface area contributed by atoms with Crippen molar-refractivity contribution < 1.29 is 4.79 Å². The zero-order valence-electron chi connectivity index (χ0n) is 11.5. The molecule has 0 radical (unpaired) electrons. The van der Waals surface area contributed by atoms with E-state index in [2.05, 4.69) is 31.4 Å². The Hall–Kier alpha value is -0.570. The summed E-state index contributed by atoms with van der Waals surface area (Å²) >= 11 is 0. The number of nitrogens with one attached hydrogen (secondary N) is 2. The molecular weight excluding hydrogens is 200 g/mol. The van der Waals surface area contributed by atoms with Crippen LogP contribution in [0, 0.1) is 5.92 Å².